The van der Waals surface area contributed by atoms with E-state index in [-0.39, 0.29) is 5.91 Å². The number of likely N-dealkylation sites (N-methyl/N-ethyl adjacent to an activating group) is 2. The zero-order chi connectivity index (χ0) is 12.4. The zero-order valence-electron chi connectivity index (χ0n) is 9.88. The number of hydrogen-bond donors (Lipinski definition) is 0. The lowest BCUT2D eigenvalue weighted by Crippen LogP contribution is -2.30. The largest absolute Gasteiger partial charge is 0.317 e. The molecule has 4 heteroatoms. The highest BCUT2D eigenvalue weighted by molar-refractivity contribution is 7.80. The summed E-state index contributed by atoms with van der Waals surface area (Å²) in [7, 11) is 1.82. The molecule has 1 aliphatic heterocycles. The van der Waals surface area contributed by atoms with Crippen LogP contribution in [0.25, 0.3) is 6.08 Å². The number of nitrogens with zero attached hydrogens (tertiary/aromatic N) is 2. The molecular formula is C13H14N2OS. The molecule has 1 heterocycles. The van der Waals surface area contributed by atoms with E-state index in [0.717, 1.165) is 5.56 Å². The molecule has 1 amide bonds. The van der Waals surface area contributed by atoms with Crippen LogP contribution in [0.1, 0.15) is 12.5 Å². The molecule has 0 unspecified atom stereocenters. The van der Waals surface area contributed by atoms with Crippen LogP contribution >= 0.6 is 12.2 Å². The molecule has 1 saturated heterocycles. The molecule has 0 spiro atoms. The first-order chi connectivity index (χ1) is 8.15. The monoisotopic (exact) mass is 246 g/mol. The van der Waals surface area contributed by atoms with E-state index in [1.807, 2.05) is 50.4 Å². The molecule has 0 bridgehead atoms. The first-order valence-electron chi connectivity index (χ1n) is 5.51. The Hall–Kier alpha value is -1.68. The molecule has 88 valence electrons. The fraction of sp³-hybridized carbons (Fsp3) is 0.231. The van der Waals surface area contributed by atoms with E-state index >= 15 is 0 Å². The first-order valence-corrected chi connectivity index (χ1v) is 5.92. The topological polar surface area (TPSA) is 23.6 Å². The summed E-state index contributed by atoms with van der Waals surface area (Å²) in [5.41, 5.74) is 1.63. The van der Waals surface area contributed by atoms with Crippen molar-refractivity contribution in [3.05, 3.63) is 41.6 Å². The molecule has 17 heavy (non-hydrogen) atoms. The van der Waals surface area contributed by atoms with E-state index in [1.165, 1.54) is 0 Å². The van der Waals surface area contributed by atoms with E-state index in [1.54, 1.807) is 9.80 Å². The van der Waals surface area contributed by atoms with Gasteiger partial charge in [-0.25, -0.2) is 0 Å². The van der Waals surface area contributed by atoms with E-state index in [2.05, 4.69) is 0 Å². The summed E-state index contributed by atoms with van der Waals surface area (Å²) in [6.07, 6.45) is 1.87. The summed E-state index contributed by atoms with van der Waals surface area (Å²) in [6.45, 7) is 2.53. The van der Waals surface area contributed by atoms with Crippen molar-refractivity contribution in [2.75, 3.05) is 13.6 Å². The second-order valence-electron chi connectivity index (χ2n) is 3.83. The predicted molar refractivity (Wildman–Crippen MR) is 72.2 cm³/mol. The molecule has 1 aliphatic rings. The maximum absolute atomic E-state index is 12.1. The van der Waals surface area contributed by atoms with Gasteiger partial charge in [0.25, 0.3) is 5.91 Å². The van der Waals surface area contributed by atoms with Crippen LogP contribution < -0.4 is 0 Å². The lowest BCUT2D eigenvalue weighted by atomic mass is 10.2. The third-order valence-corrected chi connectivity index (χ3v) is 3.26. The van der Waals surface area contributed by atoms with Crippen LogP contribution in [0, 0.1) is 0 Å². The van der Waals surface area contributed by atoms with Crippen LogP contribution in [0.4, 0.5) is 0 Å². The number of carbonyl (C=O) groups is 1. The van der Waals surface area contributed by atoms with Crippen molar-refractivity contribution in [1.29, 1.82) is 0 Å². The number of amides is 1. The Bertz CT molecular complexity index is 481. The maximum Gasteiger partial charge on any atom is 0.276 e. The Morgan fingerprint density at radius 3 is 2.47 bits per heavy atom. The lowest BCUT2D eigenvalue weighted by molar-refractivity contribution is -0.122. The quantitative estimate of drug-likeness (QED) is 0.590. The van der Waals surface area contributed by atoms with Gasteiger partial charge in [0.1, 0.15) is 5.70 Å². The Kier molecular flexibility index (Phi) is 3.24. The number of thiocarbonyl (C=S) groups is 1. The standard InChI is InChI=1S/C13H14N2OS/c1-3-15-12(16)11(14(2)13(15)17)9-10-7-5-4-6-8-10/h4-9H,3H2,1-2H3. The molecule has 0 radical (unpaired) electrons. The fourth-order valence-electron chi connectivity index (χ4n) is 1.80. The van der Waals surface area contributed by atoms with E-state index in [0.29, 0.717) is 17.4 Å². The molecule has 2 rings (SSSR count). The van der Waals surface area contributed by atoms with Crippen LogP contribution in [-0.4, -0.2) is 34.4 Å². The van der Waals surface area contributed by atoms with Crippen LogP contribution in [0.5, 0.6) is 0 Å². The Balaban J connectivity index is 2.37. The second-order valence-corrected chi connectivity index (χ2v) is 4.20. The van der Waals surface area contributed by atoms with Crippen molar-refractivity contribution < 1.29 is 4.79 Å². The molecule has 0 saturated carbocycles. The zero-order valence-corrected chi connectivity index (χ0v) is 10.7. The summed E-state index contributed by atoms with van der Waals surface area (Å²) in [5.74, 6) is -0.0242. The van der Waals surface area contributed by atoms with Gasteiger partial charge < -0.3 is 4.90 Å². The van der Waals surface area contributed by atoms with E-state index in [4.69, 9.17) is 12.2 Å². The van der Waals surface area contributed by atoms with Gasteiger partial charge in [0, 0.05) is 13.6 Å². The third kappa shape index (κ3) is 2.08. The predicted octanol–water partition coefficient (Wildman–Crippen LogP) is 2.11. The maximum atomic E-state index is 12.1. The molecule has 0 atom stereocenters. The van der Waals surface area contributed by atoms with Gasteiger partial charge in [-0.15, -0.1) is 0 Å². The molecule has 1 aromatic rings. The van der Waals surface area contributed by atoms with Crippen molar-refractivity contribution >= 4 is 29.3 Å². The van der Waals surface area contributed by atoms with Gasteiger partial charge >= 0.3 is 0 Å². The molecule has 3 nitrogen and oxygen atoms in total. The third-order valence-electron chi connectivity index (χ3n) is 2.76. The summed E-state index contributed by atoms with van der Waals surface area (Å²) < 4.78 is 0. The fourth-order valence-corrected chi connectivity index (χ4v) is 2.11. The van der Waals surface area contributed by atoms with Crippen molar-refractivity contribution in [3.63, 3.8) is 0 Å². The summed E-state index contributed by atoms with van der Waals surface area (Å²) in [6, 6.07) is 9.77. The average molecular weight is 246 g/mol. The van der Waals surface area contributed by atoms with Crippen LogP contribution in [0.15, 0.2) is 36.0 Å². The van der Waals surface area contributed by atoms with Crippen molar-refractivity contribution in [2.45, 2.75) is 6.92 Å². The van der Waals surface area contributed by atoms with Gasteiger partial charge in [-0.1, -0.05) is 30.3 Å². The van der Waals surface area contributed by atoms with Crippen LogP contribution in [0.2, 0.25) is 0 Å². The number of rotatable bonds is 2. The number of carbonyl (C=O) groups excluding carboxylic acids is 1. The number of benzene rings is 1. The minimum absolute atomic E-state index is 0.0242. The smallest absolute Gasteiger partial charge is 0.276 e. The van der Waals surface area contributed by atoms with E-state index in [9.17, 15) is 4.79 Å². The Labute approximate surface area is 106 Å². The lowest BCUT2D eigenvalue weighted by Gasteiger charge is -2.13. The molecule has 0 N–H and O–H groups in total. The van der Waals surface area contributed by atoms with Gasteiger partial charge in [-0.3, -0.25) is 9.69 Å². The van der Waals surface area contributed by atoms with Crippen molar-refractivity contribution in [3.8, 4) is 0 Å². The van der Waals surface area contributed by atoms with Gasteiger partial charge in [0.05, 0.1) is 0 Å². The Morgan fingerprint density at radius 2 is 1.94 bits per heavy atom. The van der Waals surface area contributed by atoms with Gasteiger partial charge in [0.2, 0.25) is 0 Å². The Morgan fingerprint density at radius 1 is 1.29 bits per heavy atom. The summed E-state index contributed by atoms with van der Waals surface area (Å²) >= 11 is 5.22. The normalized spacial score (nSPS) is 18.4. The highest BCUT2D eigenvalue weighted by atomic mass is 32.1. The van der Waals surface area contributed by atoms with Gasteiger partial charge in [-0.2, -0.15) is 0 Å². The average Bonchev–Trinajstić information content (AvgIpc) is 2.55. The first kappa shape index (κ1) is 11.8. The van der Waals surface area contributed by atoms with Crippen molar-refractivity contribution in [2.24, 2.45) is 0 Å². The SMILES string of the molecule is CCN1C(=O)C(=Cc2ccccc2)N(C)C1=S. The van der Waals surface area contributed by atoms with Crippen LogP contribution in [-0.2, 0) is 4.79 Å². The highest BCUT2D eigenvalue weighted by Crippen LogP contribution is 2.21. The molecule has 1 fully saturated rings. The number of hydrogen-bond acceptors (Lipinski definition) is 2. The molecule has 0 aliphatic carbocycles. The minimum Gasteiger partial charge on any atom is -0.317 e. The van der Waals surface area contributed by atoms with Gasteiger partial charge in [-0.05, 0) is 30.8 Å². The van der Waals surface area contributed by atoms with Crippen LogP contribution in [0.3, 0.4) is 0 Å². The molecule has 0 aromatic heterocycles. The molecule has 1 aromatic carbocycles. The van der Waals surface area contributed by atoms with E-state index < -0.39 is 0 Å². The molecular weight excluding hydrogens is 232 g/mol. The minimum atomic E-state index is -0.0242. The van der Waals surface area contributed by atoms with Gasteiger partial charge in [0.15, 0.2) is 5.11 Å². The summed E-state index contributed by atoms with van der Waals surface area (Å²) in [4.78, 5) is 15.4. The summed E-state index contributed by atoms with van der Waals surface area (Å²) in [5, 5.41) is 0.569. The second kappa shape index (κ2) is 4.67. The highest BCUT2D eigenvalue weighted by Gasteiger charge is 2.34. The van der Waals surface area contributed by atoms with Crippen molar-refractivity contribution in [1.82, 2.24) is 9.80 Å².